The maximum Gasteiger partial charge on any atom is 0.284 e. The topological polar surface area (TPSA) is 167 Å². The summed E-state index contributed by atoms with van der Waals surface area (Å²) in [6, 6.07) is 20.1. The SMILES string of the molecule is O=C1c2cc([N+](=O)[O-])cc(C(=O)N(c3ccccc3)c3ccccc3)c2-c2c1cc([N+](=O)[O-])cc2[N+](=O)[O-]. The Morgan fingerprint density at radius 1 is 0.632 bits per heavy atom. The molecule has 0 N–H and O–H groups in total. The summed E-state index contributed by atoms with van der Waals surface area (Å²) in [4.78, 5) is 61.3. The number of hydrogen-bond acceptors (Lipinski definition) is 8. The first kappa shape index (κ1) is 23.9. The minimum atomic E-state index is -0.898. The largest absolute Gasteiger partial charge is 0.289 e. The maximum atomic E-state index is 14.2. The molecular weight excluding hydrogens is 496 g/mol. The van der Waals surface area contributed by atoms with E-state index in [1.165, 1.54) is 4.90 Å². The van der Waals surface area contributed by atoms with Gasteiger partial charge in [-0.2, -0.15) is 0 Å². The first-order chi connectivity index (χ1) is 18.2. The number of anilines is 2. The van der Waals surface area contributed by atoms with Crippen LogP contribution in [0.15, 0.2) is 84.9 Å². The molecule has 12 heteroatoms. The number of rotatable bonds is 6. The van der Waals surface area contributed by atoms with E-state index in [1.54, 1.807) is 60.7 Å². The summed E-state index contributed by atoms with van der Waals surface area (Å²) in [6.07, 6.45) is 0. The molecule has 0 unspecified atom stereocenters. The van der Waals surface area contributed by atoms with Gasteiger partial charge in [0.2, 0.25) is 0 Å². The zero-order valence-electron chi connectivity index (χ0n) is 19.1. The third-order valence-corrected chi connectivity index (χ3v) is 6.05. The lowest BCUT2D eigenvalue weighted by Gasteiger charge is -2.24. The van der Waals surface area contributed by atoms with Crippen molar-refractivity contribution >= 4 is 40.1 Å². The fourth-order valence-corrected chi connectivity index (χ4v) is 4.46. The predicted octanol–water partition coefficient (Wildman–Crippen LogP) is 5.60. The first-order valence-corrected chi connectivity index (χ1v) is 11.0. The lowest BCUT2D eigenvalue weighted by atomic mass is 9.95. The molecule has 0 atom stereocenters. The number of fused-ring (bicyclic) bond motifs is 3. The number of carbonyl (C=O) groups is 2. The molecule has 0 saturated heterocycles. The van der Waals surface area contributed by atoms with Crippen LogP contribution in [0.25, 0.3) is 11.1 Å². The summed E-state index contributed by atoms with van der Waals surface area (Å²) >= 11 is 0. The second-order valence-electron chi connectivity index (χ2n) is 8.22. The summed E-state index contributed by atoms with van der Waals surface area (Å²) < 4.78 is 0. The van der Waals surface area contributed by atoms with Crippen LogP contribution in [0.2, 0.25) is 0 Å². The molecule has 0 aromatic heterocycles. The fraction of sp³-hybridized carbons (Fsp3) is 0. The highest BCUT2D eigenvalue weighted by molar-refractivity contribution is 6.28. The number of hydrogen-bond donors (Lipinski definition) is 0. The molecule has 0 saturated carbocycles. The Kier molecular flexibility index (Phi) is 5.68. The van der Waals surface area contributed by atoms with E-state index < -0.39 is 43.5 Å². The average molecular weight is 510 g/mol. The molecule has 0 spiro atoms. The number of amides is 1. The number of nitrogens with zero attached hydrogens (tertiary/aromatic N) is 4. The number of nitro benzene ring substituents is 3. The van der Waals surface area contributed by atoms with Crippen molar-refractivity contribution in [3.63, 3.8) is 0 Å². The Balaban J connectivity index is 1.84. The number of para-hydroxylation sites is 2. The molecule has 4 aromatic carbocycles. The van der Waals surface area contributed by atoms with Gasteiger partial charge in [-0.15, -0.1) is 0 Å². The molecule has 1 aliphatic carbocycles. The summed E-state index contributed by atoms with van der Waals surface area (Å²) in [6.45, 7) is 0. The number of nitro groups is 3. The predicted molar refractivity (Wildman–Crippen MR) is 135 cm³/mol. The first-order valence-electron chi connectivity index (χ1n) is 11.0. The third-order valence-electron chi connectivity index (χ3n) is 6.05. The Hall–Kier alpha value is -5.78. The van der Waals surface area contributed by atoms with Gasteiger partial charge in [-0.25, -0.2) is 0 Å². The van der Waals surface area contributed by atoms with Crippen molar-refractivity contribution in [2.75, 3.05) is 4.90 Å². The van der Waals surface area contributed by atoms with E-state index in [0.717, 1.165) is 18.2 Å². The molecule has 4 aromatic rings. The van der Waals surface area contributed by atoms with Gasteiger partial charge in [0, 0.05) is 46.3 Å². The van der Waals surface area contributed by atoms with E-state index >= 15 is 0 Å². The monoisotopic (exact) mass is 510 g/mol. The molecule has 38 heavy (non-hydrogen) atoms. The van der Waals surface area contributed by atoms with Crippen LogP contribution in [0, 0.1) is 30.3 Å². The molecule has 0 aliphatic heterocycles. The van der Waals surface area contributed by atoms with Crippen LogP contribution in [0.3, 0.4) is 0 Å². The van der Waals surface area contributed by atoms with Crippen LogP contribution in [0.5, 0.6) is 0 Å². The Morgan fingerprint density at radius 3 is 1.58 bits per heavy atom. The zero-order chi connectivity index (χ0) is 27.1. The normalized spacial score (nSPS) is 11.4. The average Bonchev–Trinajstić information content (AvgIpc) is 3.20. The van der Waals surface area contributed by atoms with E-state index in [4.69, 9.17) is 0 Å². The van der Waals surface area contributed by atoms with Gasteiger partial charge >= 0.3 is 0 Å². The third kappa shape index (κ3) is 3.82. The van der Waals surface area contributed by atoms with Crippen molar-refractivity contribution < 1.29 is 24.4 Å². The molecule has 0 bridgehead atoms. The van der Waals surface area contributed by atoms with E-state index in [9.17, 15) is 39.9 Å². The van der Waals surface area contributed by atoms with Crippen molar-refractivity contribution in [3.8, 4) is 11.1 Å². The molecule has 1 aliphatic rings. The highest BCUT2D eigenvalue weighted by atomic mass is 16.6. The molecular formula is C26H14N4O8. The number of ketones is 1. The summed E-state index contributed by atoms with van der Waals surface area (Å²) in [5.41, 5.74) is -2.83. The molecule has 0 fully saturated rings. The molecule has 1 amide bonds. The van der Waals surface area contributed by atoms with Gasteiger partial charge in [-0.1, -0.05) is 36.4 Å². The van der Waals surface area contributed by atoms with E-state index in [1.807, 2.05) is 0 Å². The highest BCUT2D eigenvalue weighted by Gasteiger charge is 2.41. The van der Waals surface area contributed by atoms with Crippen LogP contribution in [0.4, 0.5) is 28.4 Å². The van der Waals surface area contributed by atoms with Crippen molar-refractivity contribution in [2.24, 2.45) is 0 Å². The van der Waals surface area contributed by atoms with Gasteiger partial charge in [-0.05, 0) is 24.3 Å². The lowest BCUT2D eigenvalue weighted by molar-refractivity contribution is -0.393. The molecule has 0 heterocycles. The minimum absolute atomic E-state index is 0.195. The van der Waals surface area contributed by atoms with Gasteiger partial charge in [0.25, 0.3) is 23.0 Å². The van der Waals surface area contributed by atoms with Crippen LogP contribution in [-0.4, -0.2) is 26.5 Å². The standard InChI is InChI=1S/C26H14N4O8/c31-25-19-11-17(28(33)34)13-21(23(19)24-20(25)12-18(29(35)36)14-22(24)30(37)38)26(32)27(15-7-3-1-4-8-15)16-9-5-2-6-10-16/h1-14H. The van der Waals surface area contributed by atoms with Crippen LogP contribution >= 0.6 is 0 Å². The Morgan fingerprint density at radius 2 is 1.11 bits per heavy atom. The number of non-ortho nitro benzene ring substituents is 2. The maximum absolute atomic E-state index is 14.2. The second-order valence-corrected chi connectivity index (χ2v) is 8.22. The van der Waals surface area contributed by atoms with Gasteiger partial charge in [0.15, 0.2) is 5.78 Å². The minimum Gasteiger partial charge on any atom is -0.289 e. The smallest absolute Gasteiger partial charge is 0.284 e. The van der Waals surface area contributed by atoms with Gasteiger partial charge in [0.1, 0.15) is 0 Å². The van der Waals surface area contributed by atoms with Crippen LogP contribution < -0.4 is 4.90 Å². The van der Waals surface area contributed by atoms with Crippen molar-refractivity contribution in [1.82, 2.24) is 0 Å². The van der Waals surface area contributed by atoms with Gasteiger partial charge in [0.05, 0.1) is 32.0 Å². The van der Waals surface area contributed by atoms with Gasteiger partial charge in [-0.3, -0.25) is 44.8 Å². The summed E-state index contributed by atoms with van der Waals surface area (Å²) in [5.74, 6) is -1.69. The molecule has 12 nitrogen and oxygen atoms in total. The van der Waals surface area contributed by atoms with E-state index in [-0.39, 0.29) is 27.8 Å². The van der Waals surface area contributed by atoms with Crippen molar-refractivity contribution in [1.29, 1.82) is 0 Å². The quantitative estimate of drug-likeness (QED) is 0.210. The Bertz CT molecular complexity index is 1650. The highest BCUT2D eigenvalue weighted by Crippen LogP contribution is 2.48. The molecule has 186 valence electrons. The molecule has 0 radical (unpaired) electrons. The fourth-order valence-electron chi connectivity index (χ4n) is 4.46. The van der Waals surface area contributed by atoms with Crippen LogP contribution in [0.1, 0.15) is 26.3 Å². The van der Waals surface area contributed by atoms with Crippen LogP contribution in [-0.2, 0) is 0 Å². The summed E-state index contributed by atoms with van der Waals surface area (Å²) in [7, 11) is 0. The van der Waals surface area contributed by atoms with Crippen molar-refractivity contribution in [2.45, 2.75) is 0 Å². The zero-order valence-corrected chi connectivity index (χ0v) is 19.1. The molecule has 5 rings (SSSR count). The number of carbonyl (C=O) groups excluding carboxylic acids is 2. The number of benzene rings is 4. The summed E-state index contributed by atoms with van der Waals surface area (Å²) in [5, 5.41) is 35.1. The van der Waals surface area contributed by atoms with E-state index in [0.29, 0.717) is 17.4 Å². The van der Waals surface area contributed by atoms with Crippen molar-refractivity contribution in [3.05, 3.63) is 132 Å². The van der Waals surface area contributed by atoms with E-state index in [2.05, 4.69) is 0 Å². The second kappa shape index (κ2) is 9.02. The lowest BCUT2D eigenvalue weighted by Crippen LogP contribution is -2.26. The Labute approximate surface area is 212 Å². The van der Waals surface area contributed by atoms with Gasteiger partial charge < -0.3 is 0 Å².